The van der Waals surface area contributed by atoms with Crippen LogP contribution in [0.15, 0.2) is 0 Å². The quantitative estimate of drug-likeness (QED) is 0.280. The number of nitrogens with two attached hydrogens (primary N) is 1. The van der Waals surface area contributed by atoms with E-state index >= 15 is 0 Å². The van der Waals surface area contributed by atoms with Crippen LogP contribution < -0.4 is 5.32 Å². The molecule has 84 valence electrons. The van der Waals surface area contributed by atoms with Gasteiger partial charge in [0.15, 0.2) is 0 Å². The Morgan fingerprint density at radius 3 is 2.29 bits per heavy atom. The molecule has 5 atom stereocenters. The number of aliphatic hydroxyl groups is 5. The molecule has 6 heteroatoms. The van der Waals surface area contributed by atoms with Crippen LogP contribution in [0, 0.1) is 0 Å². The first-order valence-electron chi connectivity index (χ1n) is 4.72. The van der Waals surface area contributed by atoms with Gasteiger partial charge in [0, 0.05) is 13.0 Å². The van der Waals surface area contributed by atoms with E-state index in [0.717, 1.165) is 0 Å². The van der Waals surface area contributed by atoms with E-state index in [1.807, 2.05) is 0 Å². The van der Waals surface area contributed by atoms with E-state index in [0.29, 0.717) is 6.42 Å². The average molecular weight is 208 g/mol. The fraction of sp³-hybridized carbons (Fsp3) is 1.00. The molecule has 1 saturated heterocycles. The van der Waals surface area contributed by atoms with Gasteiger partial charge >= 0.3 is 0 Å². The zero-order chi connectivity index (χ0) is 10.7. The van der Waals surface area contributed by atoms with Crippen LogP contribution >= 0.6 is 0 Å². The topological polar surface area (TPSA) is 118 Å². The van der Waals surface area contributed by atoms with Crippen molar-refractivity contribution in [3.63, 3.8) is 0 Å². The van der Waals surface area contributed by atoms with Crippen LogP contribution in [-0.2, 0) is 0 Å². The zero-order valence-electron chi connectivity index (χ0n) is 7.82. The van der Waals surface area contributed by atoms with Crippen LogP contribution in [0.5, 0.6) is 0 Å². The molecular weight excluding hydrogens is 190 g/mol. The van der Waals surface area contributed by atoms with Crippen molar-refractivity contribution < 1.29 is 30.8 Å². The molecular formula is C8H18NO5+. The first-order chi connectivity index (χ1) is 6.61. The molecule has 1 aliphatic heterocycles. The van der Waals surface area contributed by atoms with Crippen LogP contribution in [0.2, 0.25) is 0 Å². The number of rotatable bonds is 4. The van der Waals surface area contributed by atoms with Gasteiger partial charge in [0.1, 0.15) is 30.4 Å². The van der Waals surface area contributed by atoms with Crippen LogP contribution in [0.4, 0.5) is 0 Å². The molecule has 7 N–H and O–H groups in total. The molecule has 0 saturated carbocycles. The highest BCUT2D eigenvalue weighted by molar-refractivity contribution is 4.89. The standard InChI is InChI=1S/C8H17NO5/c10-2-1-4-7(13)8(14)6(9-4)5(12)3-11/h4-14H,1-3H2/p+1/t4-,5-,6+,7+,8-/m1/s1. The van der Waals surface area contributed by atoms with Crippen molar-refractivity contribution in [1.29, 1.82) is 0 Å². The van der Waals surface area contributed by atoms with Gasteiger partial charge in [-0.1, -0.05) is 0 Å². The monoisotopic (exact) mass is 208 g/mol. The Bertz CT molecular complexity index is 177. The minimum Gasteiger partial charge on any atom is -0.396 e. The van der Waals surface area contributed by atoms with E-state index < -0.39 is 31.0 Å². The second-order valence-electron chi connectivity index (χ2n) is 3.68. The Hall–Kier alpha value is -0.240. The van der Waals surface area contributed by atoms with E-state index in [-0.39, 0.29) is 12.6 Å². The number of aliphatic hydroxyl groups excluding tert-OH is 5. The van der Waals surface area contributed by atoms with E-state index in [1.54, 1.807) is 5.32 Å². The van der Waals surface area contributed by atoms with Crippen molar-refractivity contribution in [2.24, 2.45) is 0 Å². The molecule has 0 aliphatic carbocycles. The predicted octanol–water partition coefficient (Wildman–Crippen LogP) is -4.24. The molecule has 14 heavy (non-hydrogen) atoms. The molecule has 0 bridgehead atoms. The highest BCUT2D eigenvalue weighted by Gasteiger charge is 2.47. The number of hydrogen-bond donors (Lipinski definition) is 6. The van der Waals surface area contributed by atoms with Gasteiger partial charge in [0.05, 0.1) is 6.61 Å². The first kappa shape index (κ1) is 11.8. The maximum atomic E-state index is 9.52. The second-order valence-corrected chi connectivity index (χ2v) is 3.68. The Morgan fingerprint density at radius 1 is 1.14 bits per heavy atom. The molecule has 1 heterocycles. The van der Waals surface area contributed by atoms with E-state index in [4.69, 9.17) is 10.2 Å². The summed E-state index contributed by atoms with van der Waals surface area (Å²) in [5.74, 6) is 0. The zero-order valence-corrected chi connectivity index (χ0v) is 7.82. The van der Waals surface area contributed by atoms with Gasteiger partial charge in [0.25, 0.3) is 0 Å². The Balaban J connectivity index is 2.57. The smallest absolute Gasteiger partial charge is 0.144 e. The van der Waals surface area contributed by atoms with Gasteiger partial charge in [0.2, 0.25) is 0 Å². The lowest BCUT2D eigenvalue weighted by atomic mass is 10.0. The average Bonchev–Trinajstić information content (AvgIpc) is 2.46. The summed E-state index contributed by atoms with van der Waals surface area (Å²) in [5.41, 5.74) is 0. The maximum absolute atomic E-state index is 9.52. The lowest BCUT2D eigenvalue weighted by molar-refractivity contribution is -0.713. The van der Waals surface area contributed by atoms with Crippen molar-refractivity contribution in [3.05, 3.63) is 0 Å². The summed E-state index contributed by atoms with van der Waals surface area (Å²) in [6.45, 7) is -0.524. The van der Waals surface area contributed by atoms with Crippen molar-refractivity contribution in [2.75, 3.05) is 13.2 Å². The van der Waals surface area contributed by atoms with Crippen molar-refractivity contribution >= 4 is 0 Å². The molecule has 1 aliphatic rings. The minimum absolute atomic E-state index is 0.0765. The third kappa shape index (κ3) is 2.22. The molecule has 0 spiro atoms. The molecule has 0 aromatic carbocycles. The fourth-order valence-electron chi connectivity index (χ4n) is 1.89. The molecule has 0 unspecified atom stereocenters. The van der Waals surface area contributed by atoms with Gasteiger partial charge in [-0.05, 0) is 0 Å². The lowest BCUT2D eigenvalue weighted by Crippen LogP contribution is -2.95. The van der Waals surface area contributed by atoms with Crippen molar-refractivity contribution in [1.82, 2.24) is 0 Å². The molecule has 0 amide bonds. The summed E-state index contributed by atoms with van der Waals surface area (Å²) < 4.78 is 0. The van der Waals surface area contributed by atoms with E-state index in [9.17, 15) is 15.3 Å². The summed E-state index contributed by atoms with van der Waals surface area (Å²) in [6, 6.07) is -0.937. The highest BCUT2D eigenvalue weighted by atomic mass is 16.3. The van der Waals surface area contributed by atoms with Crippen LogP contribution in [-0.4, -0.2) is 69.1 Å². The van der Waals surface area contributed by atoms with Gasteiger partial charge in [-0.15, -0.1) is 0 Å². The van der Waals surface area contributed by atoms with Gasteiger partial charge in [-0.2, -0.15) is 0 Å². The largest absolute Gasteiger partial charge is 0.396 e. The molecule has 1 fully saturated rings. The van der Waals surface area contributed by atoms with Gasteiger partial charge in [-0.25, -0.2) is 0 Å². The molecule has 0 aromatic heterocycles. The third-order valence-corrected chi connectivity index (χ3v) is 2.75. The Morgan fingerprint density at radius 2 is 1.79 bits per heavy atom. The number of quaternary nitrogens is 1. The molecule has 1 rings (SSSR count). The molecule has 6 nitrogen and oxygen atoms in total. The van der Waals surface area contributed by atoms with E-state index in [2.05, 4.69) is 0 Å². The Kier molecular flexibility index (Phi) is 4.24. The third-order valence-electron chi connectivity index (χ3n) is 2.75. The van der Waals surface area contributed by atoms with Crippen molar-refractivity contribution in [2.45, 2.75) is 36.8 Å². The molecule has 0 radical (unpaired) electrons. The summed E-state index contributed by atoms with van der Waals surface area (Å²) in [5, 5.41) is 47.4. The summed E-state index contributed by atoms with van der Waals surface area (Å²) in [7, 11) is 0. The Labute approximate surface area is 81.8 Å². The minimum atomic E-state index is -1.06. The highest BCUT2D eigenvalue weighted by Crippen LogP contribution is 2.12. The summed E-state index contributed by atoms with van der Waals surface area (Å²) >= 11 is 0. The lowest BCUT2D eigenvalue weighted by Gasteiger charge is -2.16. The second kappa shape index (κ2) is 5.01. The first-order valence-corrected chi connectivity index (χ1v) is 4.72. The molecule has 0 aromatic rings. The van der Waals surface area contributed by atoms with Crippen molar-refractivity contribution in [3.8, 4) is 0 Å². The summed E-state index contributed by atoms with van der Waals surface area (Å²) in [6.07, 6.45) is -2.72. The van der Waals surface area contributed by atoms with Gasteiger partial charge < -0.3 is 30.8 Å². The maximum Gasteiger partial charge on any atom is 0.144 e. The predicted molar refractivity (Wildman–Crippen MR) is 46.3 cm³/mol. The van der Waals surface area contributed by atoms with Gasteiger partial charge in [-0.3, -0.25) is 0 Å². The van der Waals surface area contributed by atoms with Crippen LogP contribution in [0.1, 0.15) is 6.42 Å². The fourth-order valence-corrected chi connectivity index (χ4v) is 1.89. The normalized spacial score (nSPS) is 40.1. The number of hydrogen-bond acceptors (Lipinski definition) is 5. The van der Waals surface area contributed by atoms with E-state index in [1.165, 1.54) is 0 Å². The SMILES string of the molecule is OCC[C@H]1[NH2+][C@@H]([C@H](O)CO)[C@@H](O)[C@H]1O. The van der Waals surface area contributed by atoms with Crippen LogP contribution in [0.3, 0.4) is 0 Å². The van der Waals surface area contributed by atoms with Crippen LogP contribution in [0.25, 0.3) is 0 Å². The summed E-state index contributed by atoms with van der Waals surface area (Å²) in [4.78, 5) is 0.